The molecule has 0 bridgehead atoms. The van der Waals surface area contributed by atoms with E-state index in [0.717, 1.165) is 23.9 Å². The molecule has 0 saturated heterocycles. The summed E-state index contributed by atoms with van der Waals surface area (Å²) in [5.41, 5.74) is 6.78. The van der Waals surface area contributed by atoms with E-state index in [4.69, 9.17) is 10.5 Å². The van der Waals surface area contributed by atoms with Crippen LogP contribution in [0.4, 0.5) is 4.39 Å². The summed E-state index contributed by atoms with van der Waals surface area (Å²) in [5.74, 6) is 1.53. The molecule has 0 aromatic heterocycles. The van der Waals surface area contributed by atoms with Crippen molar-refractivity contribution in [3.05, 3.63) is 29.6 Å². The average Bonchev–Trinajstić information content (AvgIpc) is 3.06. The van der Waals surface area contributed by atoms with Gasteiger partial charge in [-0.25, -0.2) is 4.39 Å². The molecule has 4 heteroatoms. The minimum Gasteiger partial charge on any atom is -0.494 e. The van der Waals surface area contributed by atoms with Gasteiger partial charge in [0.25, 0.3) is 0 Å². The Balaban J connectivity index is 2.09. The Labute approximate surface area is 114 Å². The molecule has 1 aromatic rings. The van der Waals surface area contributed by atoms with E-state index in [2.05, 4.69) is 18.9 Å². The summed E-state index contributed by atoms with van der Waals surface area (Å²) < 4.78 is 18.7. The van der Waals surface area contributed by atoms with Crippen LogP contribution in [0.2, 0.25) is 0 Å². The number of ether oxygens (including phenoxy) is 1. The smallest absolute Gasteiger partial charge is 0.165 e. The van der Waals surface area contributed by atoms with Crippen molar-refractivity contribution in [2.75, 3.05) is 27.2 Å². The molecule has 0 radical (unpaired) electrons. The molecule has 1 aliphatic carbocycles. The van der Waals surface area contributed by atoms with Crippen molar-refractivity contribution in [2.45, 2.75) is 19.4 Å². The average molecular weight is 266 g/mol. The van der Waals surface area contributed by atoms with Gasteiger partial charge in [0, 0.05) is 19.1 Å². The minimum atomic E-state index is -0.327. The van der Waals surface area contributed by atoms with Gasteiger partial charge >= 0.3 is 0 Å². The molecule has 0 heterocycles. The van der Waals surface area contributed by atoms with Gasteiger partial charge in [0.15, 0.2) is 11.6 Å². The fourth-order valence-corrected chi connectivity index (χ4v) is 2.61. The highest BCUT2D eigenvalue weighted by Gasteiger charge is 2.34. The lowest BCUT2D eigenvalue weighted by atomic mass is 10.0. The molecule has 3 nitrogen and oxygen atoms in total. The van der Waals surface area contributed by atoms with Crippen molar-refractivity contribution in [3.63, 3.8) is 0 Å². The van der Waals surface area contributed by atoms with E-state index in [1.54, 1.807) is 6.07 Å². The standard InChI is InChI=1S/C15H23FN2O/c1-10-6-12(10)9-18(2)14(8-17)11-4-5-15(19-3)13(16)7-11/h4-5,7,10,12,14H,6,8-9,17H2,1-3H3. The van der Waals surface area contributed by atoms with Crippen LogP contribution in [-0.2, 0) is 0 Å². The fraction of sp³-hybridized carbons (Fsp3) is 0.600. The summed E-state index contributed by atoms with van der Waals surface area (Å²) in [5, 5.41) is 0. The Morgan fingerprint density at radius 2 is 2.21 bits per heavy atom. The maximum Gasteiger partial charge on any atom is 0.165 e. The number of hydrogen-bond acceptors (Lipinski definition) is 3. The molecule has 0 aliphatic heterocycles. The second-order valence-electron chi connectivity index (χ2n) is 5.56. The Bertz CT molecular complexity index is 438. The minimum absolute atomic E-state index is 0.0632. The van der Waals surface area contributed by atoms with Gasteiger partial charge in [0.05, 0.1) is 7.11 Å². The van der Waals surface area contributed by atoms with E-state index in [-0.39, 0.29) is 17.6 Å². The maximum absolute atomic E-state index is 13.8. The third-order valence-electron chi connectivity index (χ3n) is 4.11. The zero-order valence-corrected chi connectivity index (χ0v) is 11.9. The molecule has 0 amide bonds. The summed E-state index contributed by atoms with van der Waals surface area (Å²) in [4.78, 5) is 2.23. The first-order valence-corrected chi connectivity index (χ1v) is 6.80. The molecule has 1 fully saturated rings. The van der Waals surface area contributed by atoms with Crippen molar-refractivity contribution in [2.24, 2.45) is 17.6 Å². The molecule has 3 unspecified atom stereocenters. The van der Waals surface area contributed by atoms with E-state index < -0.39 is 0 Å². The number of rotatable bonds is 6. The molecule has 0 spiro atoms. The fourth-order valence-electron chi connectivity index (χ4n) is 2.61. The van der Waals surface area contributed by atoms with E-state index in [0.29, 0.717) is 6.54 Å². The lowest BCUT2D eigenvalue weighted by Crippen LogP contribution is -2.32. The van der Waals surface area contributed by atoms with Crippen LogP contribution in [0.25, 0.3) is 0 Å². The maximum atomic E-state index is 13.8. The van der Waals surface area contributed by atoms with E-state index in [1.807, 2.05) is 6.07 Å². The Hall–Kier alpha value is -1.13. The highest BCUT2D eigenvalue weighted by Crippen LogP contribution is 2.39. The third kappa shape index (κ3) is 3.25. The van der Waals surface area contributed by atoms with Gasteiger partial charge in [0.1, 0.15) is 0 Å². The predicted octanol–water partition coefficient (Wildman–Crippen LogP) is 2.42. The normalized spacial score (nSPS) is 23.5. The van der Waals surface area contributed by atoms with E-state index >= 15 is 0 Å². The number of nitrogens with two attached hydrogens (primary N) is 1. The molecule has 1 aromatic carbocycles. The highest BCUT2D eigenvalue weighted by atomic mass is 19.1. The molecule has 2 rings (SSSR count). The van der Waals surface area contributed by atoms with E-state index in [1.165, 1.54) is 19.6 Å². The van der Waals surface area contributed by atoms with Crippen molar-refractivity contribution in [1.29, 1.82) is 0 Å². The quantitative estimate of drug-likeness (QED) is 0.859. The monoisotopic (exact) mass is 266 g/mol. The van der Waals surface area contributed by atoms with Gasteiger partial charge < -0.3 is 10.5 Å². The van der Waals surface area contributed by atoms with Gasteiger partial charge in [-0.2, -0.15) is 0 Å². The second kappa shape index (κ2) is 5.88. The van der Waals surface area contributed by atoms with Crippen molar-refractivity contribution in [1.82, 2.24) is 4.90 Å². The molecule has 2 N–H and O–H groups in total. The Morgan fingerprint density at radius 1 is 1.53 bits per heavy atom. The molecule has 1 saturated carbocycles. The topological polar surface area (TPSA) is 38.5 Å². The van der Waals surface area contributed by atoms with Gasteiger partial charge in [-0.1, -0.05) is 13.0 Å². The van der Waals surface area contributed by atoms with Crippen molar-refractivity contribution in [3.8, 4) is 5.75 Å². The Kier molecular flexibility index (Phi) is 4.42. The van der Waals surface area contributed by atoms with Gasteiger partial charge in [0.2, 0.25) is 0 Å². The predicted molar refractivity (Wildman–Crippen MR) is 74.6 cm³/mol. The number of hydrogen-bond donors (Lipinski definition) is 1. The molecular weight excluding hydrogens is 243 g/mol. The molecule has 1 aliphatic rings. The summed E-state index contributed by atoms with van der Waals surface area (Å²) in [7, 11) is 3.53. The summed E-state index contributed by atoms with van der Waals surface area (Å²) in [6, 6.07) is 5.16. The molecule has 19 heavy (non-hydrogen) atoms. The SMILES string of the molecule is COc1ccc(C(CN)N(C)CC2CC2C)cc1F. The zero-order valence-electron chi connectivity index (χ0n) is 11.9. The zero-order chi connectivity index (χ0) is 14.0. The number of likely N-dealkylation sites (N-methyl/N-ethyl adjacent to an activating group) is 1. The lowest BCUT2D eigenvalue weighted by Gasteiger charge is -2.27. The first kappa shape index (κ1) is 14.3. The van der Waals surface area contributed by atoms with Crippen LogP contribution in [0.15, 0.2) is 18.2 Å². The number of benzene rings is 1. The van der Waals surface area contributed by atoms with Crippen LogP contribution in [0.1, 0.15) is 24.9 Å². The highest BCUT2D eigenvalue weighted by molar-refractivity contribution is 5.31. The van der Waals surface area contributed by atoms with Crippen molar-refractivity contribution < 1.29 is 9.13 Å². The van der Waals surface area contributed by atoms with Gasteiger partial charge in [-0.15, -0.1) is 0 Å². The molecular formula is C15H23FN2O. The van der Waals surface area contributed by atoms with Crippen LogP contribution in [-0.4, -0.2) is 32.1 Å². The molecule has 3 atom stereocenters. The summed E-state index contributed by atoms with van der Waals surface area (Å²) in [6.45, 7) is 3.78. The third-order valence-corrected chi connectivity index (χ3v) is 4.11. The first-order chi connectivity index (χ1) is 9.06. The number of halogens is 1. The van der Waals surface area contributed by atoms with Crippen LogP contribution in [0.5, 0.6) is 5.75 Å². The number of nitrogens with zero attached hydrogens (tertiary/aromatic N) is 1. The molecule has 106 valence electrons. The van der Waals surface area contributed by atoms with Crippen molar-refractivity contribution >= 4 is 0 Å². The van der Waals surface area contributed by atoms with Gasteiger partial charge in [-0.3, -0.25) is 4.90 Å². The van der Waals surface area contributed by atoms with Crippen LogP contribution >= 0.6 is 0 Å². The summed E-state index contributed by atoms with van der Waals surface area (Å²) >= 11 is 0. The number of methoxy groups -OCH3 is 1. The summed E-state index contributed by atoms with van der Waals surface area (Å²) in [6.07, 6.45) is 1.29. The lowest BCUT2D eigenvalue weighted by molar-refractivity contribution is 0.236. The first-order valence-electron chi connectivity index (χ1n) is 6.80. The van der Waals surface area contributed by atoms with Crippen LogP contribution in [0, 0.1) is 17.7 Å². The van der Waals surface area contributed by atoms with Crippen LogP contribution < -0.4 is 10.5 Å². The van der Waals surface area contributed by atoms with Crippen LogP contribution in [0.3, 0.4) is 0 Å². The largest absolute Gasteiger partial charge is 0.494 e. The Morgan fingerprint density at radius 3 is 2.68 bits per heavy atom. The van der Waals surface area contributed by atoms with Gasteiger partial charge in [-0.05, 0) is 43.0 Å². The van der Waals surface area contributed by atoms with E-state index in [9.17, 15) is 4.39 Å². The second-order valence-corrected chi connectivity index (χ2v) is 5.56.